The number of nitrogens with two attached hydrogens (primary N) is 1. The molecule has 0 radical (unpaired) electrons. The number of primary sulfonamides is 1. The number of halogens is 1. The van der Waals surface area contributed by atoms with Crippen molar-refractivity contribution in [2.75, 3.05) is 31.5 Å². The number of nitrogens with one attached hydrogen (secondary N) is 2. The smallest absolute Gasteiger partial charge is 0.238 e. The van der Waals surface area contributed by atoms with Gasteiger partial charge in [0.05, 0.1) is 10.9 Å². The summed E-state index contributed by atoms with van der Waals surface area (Å²) >= 11 is 0. The number of piperazine rings is 1. The van der Waals surface area contributed by atoms with Crippen LogP contribution in [-0.4, -0.2) is 45.5 Å². The average Bonchev–Trinajstić information content (AvgIpc) is 2.64. The fraction of sp³-hybridized carbons (Fsp3) is 0.429. The first-order chi connectivity index (χ1) is 13.6. The number of sulfonamides is 1. The highest BCUT2D eigenvalue weighted by molar-refractivity contribution is 7.89. The molecule has 6 nitrogen and oxygen atoms in total. The van der Waals surface area contributed by atoms with Crippen LogP contribution in [-0.2, 0) is 10.0 Å². The van der Waals surface area contributed by atoms with Crippen molar-refractivity contribution >= 4 is 15.7 Å². The normalized spacial score (nSPS) is 19.1. The third-order valence-corrected chi connectivity index (χ3v) is 6.26. The fourth-order valence-electron chi connectivity index (χ4n) is 3.66. The van der Waals surface area contributed by atoms with Gasteiger partial charge in [0.2, 0.25) is 10.0 Å². The molecule has 8 heteroatoms. The zero-order valence-electron chi connectivity index (χ0n) is 17.1. The number of aryl methyl sites for hydroxylation is 2. The zero-order chi connectivity index (χ0) is 21.2. The fourth-order valence-corrected chi connectivity index (χ4v) is 4.26. The summed E-state index contributed by atoms with van der Waals surface area (Å²) in [6.07, 6.45) is 0. The monoisotopic (exact) mass is 420 g/mol. The van der Waals surface area contributed by atoms with E-state index in [-0.39, 0.29) is 16.8 Å². The third kappa shape index (κ3) is 5.54. The molecule has 1 aliphatic rings. The second-order valence-electron chi connectivity index (χ2n) is 7.84. The molecule has 1 fully saturated rings. The molecular formula is C21H29FN4O2S. The number of rotatable bonds is 6. The van der Waals surface area contributed by atoms with Crippen molar-refractivity contribution in [2.24, 2.45) is 5.14 Å². The first-order valence-corrected chi connectivity index (χ1v) is 11.3. The van der Waals surface area contributed by atoms with Gasteiger partial charge in [-0.25, -0.2) is 17.9 Å². The van der Waals surface area contributed by atoms with Gasteiger partial charge in [0.15, 0.2) is 0 Å². The van der Waals surface area contributed by atoms with Crippen LogP contribution in [0.3, 0.4) is 0 Å². The summed E-state index contributed by atoms with van der Waals surface area (Å²) in [5.74, 6) is -0.232. The lowest BCUT2D eigenvalue weighted by molar-refractivity contribution is 0.200. The van der Waals surface area contributed by atoms with E-state index in [2.05, 4.69) is 22.5 Å². The first-order valence-electron chi connectivity index (χ1n) is 9.75. The summed E-state index contributed by atoms with van der Waals surface area (Å²) in [6, 6.07) is 10.3. The molecule has 0 saturated carbocycles. The van der Waals surface area contributed by atoms with E-state index in [0.29, 0.717) is 18.2 Å². The van der Waals surface area contributed by atoms with Crippen molar-refractivity contribution in [3.8, 4) is 0 Å². The maximum atomic E-state index is 14.3. The second-order valence-corrected chi connectivity index (χ2v) is 9.40. The molecule has 4 N–H and O–H groups in total. The molecule has 1 unspecified atom stereocenters. The summed E-state index contributed by atoms with van der Waals surface area (Å²) < 4.78 is 37.5. The van der Waals surface area contributed by atoms with Crippen LogP contribution in [0, 0.1) is 19.7 Å². The molecule has 158 valence electrons. The topological polar surface area (TPSA) is 87.5 Å². The van der Waals surface area contributed by atoms with Crippen LogP contribution in [0.5, 0.6) is 0 Å². The van der Waals surface area contributed by atoms with Gasteiger partial charge in [0.25, 0.3) is 0 Å². The average molecular weight is 421 g/mol. The van der Waals surface area contributed by atoms with Gasteiger partial charge in [-0.15, -0.1) is 0 Å². The van der Waals surface area contributed by atoms with E-state index in [1.54, 1.807) is 31.2 Å². The van der Waals surface area contributed by atoms with E-state index >= 15 is 0 Å². The summed E-state index contributed by atoms with van der Waals surface area (Å²) in [6.45, 7) is 9.18. The minimum Gasteiger partial charge on any atom is -0.377 e. The summed E-state index contributed by atoms with van der Waals surface area (Å²) in [7, 11) is -3.75. The van der Waals surface area contributed by atoms with E-state index in [0.717, 1.165) is 36.4 Å². The van der Waals surface area contributed by atoms with E-state index in [1.807, 2.05) is 13.0 Å². The van der Waals surface area contributed by atoms with Crippen molar-refractivity contribution in [2.45, 2.75) is 37.8 Å². The minimum absolute atomic E-state index is 0.0782. The quantitative estimate of drug-likeness (QED) is 0.669. The Labute approximate surface area is 172 Å². The van der Waals surface area contributed by atoms with Crippen molar-refractivity contribution in [1.29, 1.82) is 0 Å². The predicted octanol–water partition coefficient (Wildman–Crippen LogP) is 2.54. The molecule has 2 aromatic carbocycles. The van der Waals surface area contributed by atoms with Gasteiger partial charge >= 0.3 is 0 Å². The number of nitrogens with zero attached hydrogens (tertiary/aromatic N) is 1. The van der Waals surface area contributed by atoms with Crippen molar-refractivity contribution in [3.05, 3.63) is 58.9 Å². The maximum absolute atomic E-state index is 14.3. The van der Waals surface area contributed by atoms with Crippen LogP contribution in [0.1, 0.15) is 29.7 Å². The number of anilines is 1. The highest BCUT2D eigenvalue weighted by Crippen LogP contribution is 2.26. The van der Waals surface area contributed by atoms with Crippen LogP contribution in [0.25, 0.3) is 0 Å². The van der Waals surface area contributed by atoms with Gasteiger partial charge in [0.1, 0.15) is 5.82 Å². The largest absolute Gasteiger partial charge is 0.377 e. The zero-order valence-corrected chi connectivity index (χ0v) is 17.9. The molecular weight excluding hydrogens is 391 g/mol. The Morgan fingerprint density at radius 2 is 2.00 bits per heavy atom. The molecule has 0 spiro atoms. The van der Waals surface area contributed by atoms with Crippen LogP contribution in [0.2, 0.25) is 0 Å². The van der Waals surface area contributed by atoms with Gasteiger partial charge in [-0.3, -0.25) is 4.90 Å². The van der Waals surface area contributed by atoms with E-state index in [9.17, 15) is 12.8 Å². The number of benzene rings is 2. The SMILES string of the molecule is Cc1ccc(C(CN2CCN[C@H](C)C2)Nc2ccc(S(N)(=O)=O)cc2C)cc1F. The Balaban J connectivity index is 1.89. The molecule has 1 aliphatic heterocycles. The predicted molar refractivity (Wildman–Crippen MR) is 114 cm³/mol. The Hall–Kier alpha value is -2.00. The minimum atomic E-state index is -3.75. The standard InChI is InChI=1S/C21H29FN4O2S/c1-14-4-5-17(11-19(14)22)21(13-26-9-8-24-16(3)12-26)25-20-7-6-18(10-15(20)2)29(23,27)28/h4-7,10-11,16,21,24-25H,8-9,12-13H2,1-3H3,(H2,23,27,28)/t16-,21?/m1/s1. The summed E-state index contributed by atoms with van der Waals surface area (Å²) in [5, 5.41) is 12.1. The molecule has 0 bridgehead atoms. The Kier molecular flexibility index (Phi) is 6.58. The van der Waals surface area contributed by atoms with Gasteiger partial charge in [-0.1, -0.05) is 12.1 Å². The summed E-state index contributed by atoms with van der Waals surface area (Å²) in [5.41, 5.74) is 3.03. The molecule has 2 atom stereocenters. The highest BCUT2D eigenvalue weighted by atomic mass is 32.2. The van der Waals surface area contributed by atoms with Crippen molar-refractivity contribution < 1.29 is 12.8 Å². The lowest BCUT2D eigenvalue weighted by Gasteiger charge is -2.35. The summed E-state index contributed by atoms with van der Waals surface area (Å²) in [4.78, 5) is 2.43. The van der Waals surface area contributed by atoms with E-state index in [4.69, 9.17) is 5.14 Å². The second kappa shape index (κ2) is 8.79. The maximum Gasteiger partial charge on any atom is 0.238 e. The van der Waals surface area contributed by atoms with Gasteiger partial charge < -0.3 is 10.6 Å². The molecule has 0 aliphatic carbocycles. The first kappa shape index (κ1) is 21.7. The van der Waals surface area contributed by atoms with Gasteiger partial charge in [-0.2, -0.15) is 0 Å². The molecule has 1 heterocycles. The highest BCUT2D eigenvalue weighted by Gasteiger charge is 2.22. The third-order valence-electron chi connectivity index (χ3n) is 5.35. The van der Waals surface area contributed by atoms with Crippen LogP contribution < -0.4 is 15.8 Å². The van der Waals surface area contributed by atoms with Crippen molar-refractivity contribution in [1.82, 2.24) is 10.2 Å². The van der Waals surface area contributed by atoms with Gasteiger partial charge in [-0.05, 0) is 61.7 Å². The number of hydrogen-bond acceptors (Lipinski definition) is 5. The molecule has 2 aromatic rings. The molecule has 0 amide bonds. The lowest BCUT2D eigenvalue weighted by atomic mass is 10.0. The molecule has 1 saturated heterocycles. The van der Waals surface area contributed by atoms with E-state index in [1.165, 1.54) is 6.07 Å². The molecule has 3 rings (SSSR count). The molecule has 29 heavy (non-hydrogen) atoms. The molecule has 0 aromatic heterocycles. The van der Waals surface area contributed by atoms with E-state index < -0.39 is 10.0 Å². The van der Waals surface area contributed by atoms with Crippen LogP contribution >= 0.6 is 0 Å². The Morgan fingerprint density at radius 1 is 1.24 bits per heavy atom. The number of hydrogen-bond donors (Lipinski definition) is 3. The van der Waals surface area contributed by atoms with Crippen molar-refractivity contribution in [3.63, 3.8) is 0 Å². The Morgan fingerprint density at radius 3 is 2.62 bits per heavy atom. The van der Waals surface area contributed by atoms with Crippen LogP contribution in [0.4, 0.5) is 10.1 Å². The Bertz CT molecular complexity index is 981. The lowest BCUT2D eigenvalue weighted by Crippen LogP contribution is -2.50. The van der Waals surface area contributed by atoms with Crippen LogP contribution in [0.15, 0.2) is 41.3 Å². The van der Waals surface area contributed by atoms with Gasteiger partial charge in [0, 0.05) is 37.9 Å².